The summed E-state index contributed by atoms with van der Waals surface area (Å²) in [5.74, 6) is 2.36. The topological polar surface area (TPSA) is 76.4 Å². The number of fused-ring (bicyclic) bond motifs is 1. The highest BCUT2D eigenvalue weighted by atomic mass is 32.2. The summed E-state index contributed by atoms with van der Waals surface area (Å²) >= 11 is 6.81. The summed E-state index contributed by atoms with van der Waals surface area (Å²) in [6, 6.07) is 9.49. The normalized spacial score (nSPS) is 17.5. The smallest absolute Gasteiger partial charge is 0.267 e. The minimum atomic E-state index is -0.197. The molecular formula is C29H32N4O4S2. The van der Waals surface area contributed by atoms with E-state index >= 15 is 0 Å². The van der Waals surface area contributed by atoms with Crippen molar-refractivity contribution in [2.75, 3.05) is 38.8 Å². The van der Waals surface area contributed by atoms with E-state index in [1.807, 2.05) is 37.3 Å². The quantitative estimate of drug-likeness (QED) is 0.302. The molecule has 4 heterocycles. The molecule has 39 heavy (non-hydrogen) atoms. The number of piperidine rings is 1. The summed E-state index contributed by atoms with van der Waals surface area (Å²) in [5.41, 5.74) is 2.80. The van der Waals surface area contributed by atoms with Crippen LogP contribution in [0.4, 0.5) is 5.82 Å². The number of aryl methyl sites for hydroxylation is 1. The Hall–Kier alpha value is -3.37. The first-order chi connectivity index (χ1) is 18.8. The Labute approximate surface area is 237 Å². The zero-order valence-corrected chi connectivity index (χ0v) is 24.2. The van der Waals surface area contributed by atoms with Gasteiger partial charge < -0.3 is 14.4 Å². The molecule has 1 amide bonds. The Kier molecular flexibility index (Phi) is 7.95. The van der Waals surface area contributed by atoms with Crippen molar-refractivity contribution in [3.8, 4) is 11.5 Å². The molecule has 10 heteroatoms. The predicted molar refractivity (Wildman–Crippen MR) is 160 cm³/mol. The molecule has 3 aromatic rings. The van der Waals surface area contributed by atoms with E-state index in [2.05, 4.69) is 11.8 Å². The van der Waals surface area contributed by atoms with Crippen LogP contribution in [0.3, 0.4) is 0 Å². The number of carbonyl (C=O) groups is 1. The van der Waals surface area contributed by atoms with Gasteiger partial charge in [-0.2, -0.15) is 0 Å². The number of anilines is 1. The van der Waals surface area contributed by atoms with Gasteiger partial charge in [0.15, 0.2) is 11.5 Å². The second kappa shape index (κ2) is 11.4. The van der Waals surface area contributed by atoms with Crippen molar-refractivity contribution in [2.24, 2.45) is 5.92 Å². The van der Waals surface area contributed by atoms with E-state index in [9.17, 15) is 9.59 Å². The largest absolute Gasteiger partial charge is 0.493 e. The van der Waals surface area contributed by atoms with Crippen LogP contribution in [0.2, 0.25) is 0 Å². The molecule has 0 N–H and O–H groups in total. The zero-order chi connectivity index (χ0) is 27.7. The summed E-state index contributed by atoms with van der Waals surface area (Å²) in [6.45, 7) is 6.26. The standard InChI is InChI=1S/C29H32N4O4S2/c1-18-9-13-31(14-10-18)26-21(27(34)32-12-5-6-19(2)25(32)30-26)17-24-28(35)33(29(38)39-24)15-11-20-7-8-22(36-3)23(16-20)37-4/h5-8,12,16-18H,9-11,13-15H2,1-4H3/b24-17-. The Morgan fingerprint density at radius 3 is 2.59 bits per heavy atom. The SMILES string of the molecule is COc1ccc(CCN2C(=O)/C(=C/c3c(N4CCC(C)CC4)nc4c(C)cccn4c3=O)SC2=S)cc1OC. The minimum Gasteiger partial charge on any atom is -0.493 e. The van der Waals surface area contributed by atoms with Crippen molar-refractivity contribution in [3.05, 3.63) is 68.5 Å². The fourth-order valence-electron chi connectivity index (χ4n) is 4.99. The van der Waals surface area contributed by atoms with Crippen LogP contribution in [0.15, 0.2) is 46.2 Å². The van der Waals surface area contributed by atoms with Crippen LogP contribution in [-0.2, 0) is 11.2 Å². The van der Waals surface area contributed by atoms with E-state index in [1.165, 1.54) is 11.8 Å². The highest BCUT2D eigenvalue weighted by molar-refractivity contribution is 8.26. The highest BCUT2D eigenvalue weighted by Gasteiger charge is 2.33. The Morgan fingerprint density at radius 1 is 1.13 bits per heavy atom. The van der Waals surface area contributed by atoms with Gasteiger partial charge in [0.1, 0.15) is 15.8 Å². The Morgan fingerprint density at radius 2 is 1.87 bits per heavy atom. The predicted octanol–water partition coefficient (Wildman–Crippen LogP) is 4.70. The maximum absolute atomic E-state index is 13.8. The van der Waals surface area contributed by atoms with Crippen LogP contribution in [0.25, 0.3) is 11.7 Å². The fourth-order valence-corrected chi connectivity index (χ4v) is 6.28. The highest BCUT2D eigenvalue weighted by Crippen LogP contribution is 2.35. The fraction of sp³-hybridized carbons (Fsp3) is 0.379. The van der Waals surface area contributed by atoms with Crippen molar-refractivity contribution >= 4 is 51.7 Å². The van der Waals surface area contributed by atoms with E-state index in [-0.39, 0.29) is 11.5 Å². The lowest BCUT2D eigenvalue weighted by molar-refractivity contribution is -0.122. The molecule has 204 valence electrons. The third kappa shape index (κ3) is 5.40. The molecule has 8 nitrogen and oxygen atoms in total. The van der Waals surface area contributed by atoms with Gasteiger partial charge in [-0.05, 0) is 67.5 Å². The first-order valence-electron chi connectivity index (χ1n) is 13.0. The molecule has 2 aliphatic rings. The lowest BCUT2D eigenvalue weighted by Gasteiger charge is -2.32. The number of benzene rings is 1. The van der Waals surface area contributed by atoms with E-state index < -0.39 is 0 Å². The molecule has 0 saturated carbocycles. The molecule has 0 unspecified atom stereocenters. The summed E-state index contributed by atoms with van der Waals surface area (Å²) < 4.78 is 12.8. The average Bonchev–Trinajstić information content (AvgIpc) is 3.21. The maximum atomic E-state index is 13.8. The number of hydrogen-bond acceptors (Lipinski definition) is 8. The molecule has 0 bridgehead atoms. The van der Waals surface area contributed by atoms with Gasteiger partial charge in [0.25, 0.3) is 11.5 Å². The van der Waals surface area contributed by atoms with Crippen LogP contribution in [-0.4, -0.2) is 58.4 Å². The Balaban J connectivity index is 1.46. The third-order valence-corrected chi connectivity index (χ3v) is 8.75. The molecule has 2 fully saturated rings. The summed E-state index contributed by atoms with van der Waals surface area (Å²) in [5, 5.41) is 0. The number of aromatic nitrogens is 2. The Bertz CT molecular complexity index is 1530. The second-order valence-corrected chi connectivity index (χ2v) is 11.7. The number of rotatable bonds is 7. The number of nitrogens with zero attached hydrogens (tertiary/aromatic N) is 4. The van der Waals surface area contributed by atoms with Gasteiger partial charge in [-0.1, -0.05) is 43.0 Å². The van der Waals surface area contributed by atoms with Crippen molar-refractivity contribution in [3.63, 3.8) is 0 Å². The second-order valence-electron chi connectivity index (χ2n) is 9.98. The third-order valence-electron chi connectivity index (χ3n) is 7.37. The molecule has 1 aromatic carbocycles. The number of methoxy groups -OCH3 is 2. The van der Waals surface area contributed by atoms with Gasteiger partial charge in [0, 0.05) is 25.8 Å². The van der Waals surface area contributed by atoms with E-state index in [0.717, 1.165) is 37.1 Å². The number of carbonyl (C=O) groups excluding carboxylic acids is 1. The van der Waals surface area contributed by atoms with Crippen LogP contribution < -0.4 is 19.9 Å². The summed E-state index contributed by atoms with van der Waals surface area (Å²) in [7, 11) is 3.19. The molecule has 0 spiro atoms. The van der Waals surface area contributed by atoms with Crippen molar-refractivity contribution in [1.82, 2.24) is 14.3 Å². The zero-order valence-electron chi connectivity index (χ0n) is 22.6. The van der Waals surface area contributed by atoms with Gasteiger partial charge in [0.05, 0.1) is 24.7 Å². The summed E-state index contributed by atoms with van der Waals surface area (Å²) in [4.78, 5) is 36.4. The summed E-state index contributed by atoms with van der Waals surface area (Å²) in [6.07, 6.45) is 6.08. The molecule has 0 radical (unpaired) electrons. The van der Waals surface area contributed by atoms with Gasteiger partial charge in [-0.25, -0.2) is 4.98 Å². The van der Waals surface area contributed by atoms with Gasteiger partial charge in [-0.3, -0.25) is 18.9 Å². The molecular weight excluding hydrogens is 532 g/mol. The lowest BCUT2D eigenvalue weighted by atomic mass is 9.99. The average molecular weight is 565 g/mol. The number of amides is 1. The van der Waals surface area contributed by atoms with Crippen LogP contribution in [0.5, 0.6) is 11.5 Å². The maximum Gasteiger partial charge on any atom is 0.267 e. The van der Waals surface area contributed by atoms with Crippen LogP contribution in [0, 0.1) is 12.8 Å². The molecule has 0 atom stereocenters. The number of thiocarbonyl (C=S) groups is 1. The van der Waals surface area contributed by atoms with Crippen molar-refractivity contribution < 1.29 is 14.3 Å². The molecule has 5 rings (SSSR count). The lowest BCUT2D eigenvalue weighted by Crippen LogP contribution is -2.36. The molecule has 2 aromatic heterocycles. The van der Waals surface area contributed by atoms with Crippen LogP contribution in [0.1, 0.15) is 36.5 Å². The van der Waals surface area contributed by atoms with E-state index in [1.54, 1.807) is 35.8 Å². The molecule has 0 aliphatic carbocycles. The van der Waals surface area contributed by atoms with Gasteiger partial charge >= 0.3 is 0 Å². The number of hydrogen-bond donors (Lipinski definition) is 0. The van der Waals surface area contributed by atoms with E-state index in [4.69, 9.17) is 26.7 Å². The van der Waals surface area contributed by atoms with Gasteiger partial charge in [0.2, 0.25) is 0 Å². The number of thioether (sulfide) groups is 1. The van der Waals surface area contributed by atoms with Crippen LogP contribution >= 0.6 is 24.0 Å². The van der Waals surface area contributed by atoms with E-state index in [0.29, 0.717) is 56.6 Å². The molecule has 2 saturated heterocycles. The minimum absolute atomic E-state index is 0.187. The van der Waals surface area contributed by atoms with Crippen molar-refractivity contribution in [1.29, 1.82) is 0 Å². The monoisotopic (exact) mass is 564 g/mol. The first-order valence-corrected chi connectivity index (χ1v) is 14.3. The number of ether oxygens (including phenoxy) is 2. The van der Waals surface area contributed by atoms with Crippen molar-refractivity contribution in [2.45, 2.75) is 33.1 Å². The van der Waals surface area contributed by atoms with Gasteiger partial charge in [-0.15, -0.1) is 0 Å². The first kappa shape index (κ1) is 27.2. The molecule has 2 aliphatic heterocycles. The number of pyridine rings is 1.